The predicted molar refractivity (Wildman–Crippen MR) is 65.9 cm³/mol. The van der Waals surface area contributed by atoms with Crippen molar-refractivity contribution >= 4 is 10.4 Å². The Labute approximate surface area is 111 Å². The summed E-state index contributed by atoms with van der Waals surface area (Å²) < 4.78 is 37.2. The maximum Gasteiger partial charge on any atom is 0.397 e. The molecule has 7 nitrogen and oxygen atoms in total. The highest BCUT2D eigenvalue weighted by atomic mass is 32.3. The summed E-state index contributed by atoms with van der Waals surface area (Å²) in [6, 6.07) is 7.48. The van der Waals surface area contributed by atoms with Gasteiger partial charge in [-0.1, -0.05) is 11.2 Å². The van der Waals surface area contributed by atoms with Crippen molar-refractivity contribution in [1.82, 2.24) is 9.78 Å². The molecule has 0 aliphatic heterocycles. The van der Waals surface area contributed by atoms with Gasteiger partial charge in [-0.15, -0.1) is 4.68 Å². The van der Waals surface area contributed by atoms with Crippen LogP contribution in [-0.2, 0) is 21.1 Å². The van der Waals surface area contributed by atoms with Crippen LogP contribution in [0.25, 0.3) is 5.82 Å². The highest BCUT2D eigenvalue weighted by Crippen LogP contribution is 2.00. The zero-order valence-corrected chi connectivity index (χ0v) is 10.9. The number of nitrogens with zero attached hydrogens (tertiary/aromatic N) is 3. The van der Waals surface area contributed by atoms with E-state index >= 15 is 0 Å². The molecule has 0 aliphatic rings. The number of hydrogen-bond acceptors (Lipinski definition) is 4. The van der Waals surface area contributed by atoms with Crippen molar-refractivity contribution in [1.29, 1.82) is 0 Å². The van der Waals surface area contributed by atoms with E-state index in [1.165, 1.54) is 0 Å². The lowest BCUT2D eigenvalue weighted by Crippen LogP contribution is -2.38. The second kappa shape index (κ2) is 5.91. The van der Waals surface area contributed by atoms with E-state index in [9.17, 15) is 8.42 Å². The largest absolute Gasteiger partial charge is 0.397 e. The number of pyridine rings is 1. The Bertz CT molecular complexity index is 625. The zero-order valence-electron chi connectivity index (χ0n) is 10.1. The van der Waals surface area contributed by atoms with E-state index in [4.69, 9.17) is 4.55 Å². The standard InChI is InChI=1S/C11H13N3O4S/c15-19(16,17)18-10-4-8-13-7-2-1-5-11(13)14-9-3-6-12-14/h1-3,5-7,9H,4,8,10H2/p+1. The Morgan fingerprint density at radius 1 is 1.37 bits per heavy atom. The van der Waals surface area contributed by atoms with Crippen LogP contribution in [-0.4, -0.2) is 29.4 Å². The fourth-order valence-electron chi connectivity index (χ4n) is 1.67. The zero-order chi connectivity index (χ0) is 13.7. The van der Waals surface area contributed by atoms with Crippen LogP contribution in [0, 0.1) is 0 Å². The van der Waals surface area contributed by atoms with Gasteiger partial charge in [-0.2, -0.15) is 8.42 Å². The molecule has 0 amide bonds. The average Bonchev–Trinajstić information content (AvgIpc) is 2.88. The summed E-state index contributed by atoms with van der Waals surface area (Å²) >= 11 is 0. The van der Waals surface area contributed by atoms with Crippen LogP contribution in [0.15, 0.2) is 42.9 Å². The molecule has 8 heteroatoms. The first-order valence-electron chi connectivity index (χ1n) is 5.66. The van der Waals surface area contributed by atoms with E-state index in [1.807, 2.05) is 41.2 Å². The van der Waals surface area contributed by atoms with Gasteiger partial charge in [-0.25, -0.2) is 8.75 Å². The van der Waals surface area contributed by atoms with Gasteiger partial charge in [0.15, 0.2) is 0 Å². The van der Waals surface area contributed by atoms with Crippen LogP contribution < -0.4 is 4.57 Å². The molecule has 0 aliphatic carbocycles. The fourth-order valence-corrected chi connectivity index (χ4v) is 2.00. The summed E-state index contributed by atoms with van der Waals surface area (Å²) in [4.78, 5) is 0. The molecule has 0 atom stereocenters. The Morgan fingerprint density at radius 3 is 2.89 bits per heavy atom. The molecule has 2 aromatic heterocycles. The lowest BCUT2D eigenvalue weighted by Gasteiger charge is -2.04. The molecule has 2 heterocycles. The van der Waals surface area contributed by atoms with Crippen LogP contribution in [0.4, 0.5) is 0 Å². The molecule has 2 aromatic rings. The predicted octanol–water partition coefficient (Wildman–Crippen LogP) is 0.369. The van der Waals surface area contributed by atoms with Gasteiger partial charge in [-0.3, -0.25) is 4.55 Å². The second-order valence-corrected chi connectivity index (χ2v) is 4.90. The number of aromatic nitrogens is 3. The first-order chi connectivity index (χ1) is 9.06. The molecule has 0 aromatic carbocycles. The Kier molecular flexibility index (Phi) is 4.25. The van der Waals surface area contributed by atoms with Gasteiger partial charge < -0.3 is 0 Å². The van der Waals surface area contributed by atoms with Crippen molar-refractivity contribution in [3.8, 4) is 5.82 Å². The smallest absolute Gasteiger partial charge is 0.264 e. The van der Waals surface area contributed by atoms with Gasteiger partial charge in [0, 0.05) is 18.6 Å². The van der Waals surface area contributed by atoms with Crippen molar-refractivity contribution in [2.75, 3.05) is 6.61 Å². The third-order valence-corrected chi connectivity index (χ3v) is 2.90. The molecular formula is C11H14N3O4S+. The molecule has 0 spiro atoms. The molecule has 0 saturated heterocycles. The van der Waals surface area contributed by atoms with Gasteiger partial charge in [0.05, 0.1) is 25.5 Å². The van der Waals surface area contributed by atoms with E-state index < -0.39 is 10.4 Å². The molecule has 0 fully saturated rings. The molecule has 102 valence electrons. The Balaban J connectivity index is 2.01. The first-order valence-corrected chi connectivity index (χ1v) is 7.03. The monoisotopic (exact) mass is 284 g/mol. The maximum absolute atomic E-state index is 10.4. The Morgan fingerprint density at radius 2 is 2.21 bits per heavy atom. The van der Waals surface area contributed by atoms with Crippen LogP contribution in [0.1, 0.15) is 6.42 Å². The molecule has 1 N–H and O–H groups in total. The molecule has 0 radical (unpaired) electrons. The molecule has 19 heavy (non-hydrogen) atoms. The topological polar surface area (TPSA) is 85.3 Å². The van der Waals surface area contributed by atoms with E-state index in [0.717, 1.165) is 5.82 Å². The SMILES string of the molecule is O=S(=O)(O)OCCC[n+]1ccccc1-n1cccn1. The normalized spacial score (nSPS) is 11.6. The number of hydrogen-bond donors (Lipinski definition) is 1. The summed E-state index contributed by atoms with van der Waals surface area (Å²) in [5.41, 5.74) is 0. The number of aryl methyl sites for hydroxylation is 1. The average molecular weight is 284 g/mol. The second-order valence-electron chi connectivity index (χ2n) is 3.81. The summed E-state index contributed by atoms with van der Waals surface area (Å²) in [6.45, 7) is 0.477. The molecule has 0 saturated carbocycles. The summed E-state index contributed by atoms with van der Waals surface area (Å²) in [5, 5.41) is 4.14. The Hall–Kier alpha value is -1.77. The molecule has 2 rings (SSSR count). The lowest BCUT2D eigenvalue weighted by atomic mass is 10.4. The minimum atomic E-state index is -4.36. The summed E-state index contributed by atoms with van der Waals surface area (Å²) in [7, 11) is -4.36. The summed E-state index contributed by atoms with van der Waals surface area (Å²) in [6.07, 6.45) is 5.81. The number of rotatable bonds is 6. The third-order valence-electron chi connectivity index (χ3n) is 2.43. The highest BCUT2D eigenvalue weighted by molar-refractivity contribution is 7.80. The molecule has 0 unspecified atom stereocenters. The minimum absolute atomic E-state index is 0.0702. The van der Waals surface area contributed by atoms with E-state index in [-0.39, 0.29) is 6.61 Å². The van der Waals surface area contributed by atoms with E-state index in [0.29, 0.717) is 13.0 Å². The maximum atomic E-state index is 10.4. The fraction of sp³-hybridized carbons (Fsp3) is 0.273. The van der Waals surface area contributed by atoms with Gasteiger partial charge >= 0.3 is 16.2 Å². The van der Waals surface area contributed by atoms with Crippen molar-refractivity contribution in [3.05, 3.63) is 42.9 Å². The molecule has 0 bridgehead atoms. The third kappa shape index (κ3) is 4.12. The van der Waals surface area contributed by atoms with Crippen molar-refractivity contribution in [2.45, 2.75) is 13.0 Å². The van der Waals surface area contributed by atoms with Gasteiger partial charge in [0.1, 0.15) is 6.20 Å². The highest BCUT2D eigenvalue weighted by Gasteiger charge is 2.11. The van der Waals surface area contributed by atoms with Crippen LogP contribution in [0.3, 0.4) is 0 Å². The van der Waals surface area contributed by atoms with Gasteiger partial charge in [0.2, 0.25) is 0 Å². The van der Waals surface area contributed by atoms with Crippen molar-refractivity contribution in [2.24, 2.45) is 0 Å². The lowest BCUT2D eigenvalue weighted by molar-refractivity contribution is -0.692. The quantitative estimate of drug-likeness (QED) is 0.470. The minimum Gasteiger partial charge on any atom is -0.264 e. The van der Waals surface area contributed by atoms with Crippen molar-refractivity contribution < 1.29 is 21.7 Å². The van der Waals surface area contributed by atoms with Crippen LogP contribution >= 0.6 is 0 Å². The van der Waals surface area contributed by atoms with Crippen molar-refractivity contribution in [3.63, 3.8) is 0 Å². The summed E-state index contributed by atoms with van der Waals surface area (Å²) in [5.74, 6) is 0.861. The molecular weight excluding hydrogens is 270 g/mol. The van der Waals surface area contributed by atoms with E-state index in [2.05, 4.69) is 9.28 Å². The van der Waals surface area contributed by atoms with Gasteiger partial charge in [-0.05, 0) is 6.07 Å². The first kappa shape index (κ1) is 13.7. The van der Waals surface area contributed by atoms with Gasteiger partial charge in [0.25, 0.3) is 0 Å². The van der Waals surface area contributed by atoms with E-state index in [1.54, 1.807) is 10.9 Å². The van der Waals surface area contributed by atoms with Crippen LogP contribution in [0.5, 0.6) is 0 Å². The van der Waals surface area contributed by atoms with Crippen LogP contribution in [0.2, 0.25) is 0 Å².